The van der Waals surface area contributed by atoms with E-state index in [-0.39, 0.29) is 11.0 Å². The molecule has 7 nitrogen and oxygen atoms in total. The van der Waals surface area contributed by atoms with Crippen molar-refractivity contribution in [3.05, 3.63) is 63.7 Å². The van der Waals surface area contributed by atoms with Gasteiger partial charge in [-0.05, 0) is 48.9 Å². The zero-order valence-corrected chi connectivity index (χ0v) is 20.6. The summed E-state index contributed by atoms with van der Waals surface area (Å²) < 4.78 is 19.2. The first-order valence-electron chi connectivity index (χ1n) is 10.3. The lowest BCUT2D eigenvalue weighted by Gasteiger charge is -2.28. The number of H-pyrrole nitrogens is 1. The number of ether oxygens (including phenoxy) is 2. The van der Waals surface area contributed by atoms with Gasteiger partial charge in [-0.2, -0.15) is 0 Å². The molecule has 8 heteroatoms. The molecule has 169 valence electrons. The number of benzene rings is 1. The Morgan fingerprint density at radius 1 is 1.06 bits per heavy atom. The molecule has 0 amide bonds. The van der Waals surface area contributed by atoms with Gasteiger partial charge < -0.3 is 13.9 Å². The van der Waals surface area contributed by atoms with E-state index >= 15 is 0 Å². The van der Waals surface area contributed by atoms with Gasteiger partial charge in [0.05, 0.1) is 19.9 Å². The number of rotatable bonds is 7. The first-order chi connectivity index (χ1) is 15.2. The fourth-order valence-electron chi connectivity index (χ4n) is 3.47. The smallest absolute Gasteiger partial charge is 0.274 e. The van der Waals surface area contributed by atoms with Crippen molar-refractivity contribution in [3.63, 3.8) is 0 Å². The Labute approximate surface area is 190 Å². The van der Waals surface area contributed by atoms with E-state index in [4.69, 9.17) is 13.9 Å². The molecule has 1 N–H and O–H groups in total. The number of aromatic amines is 1. The number of pyridine rings is 1. The van der Waals surface area contributed by atoms with E-state index in [0.29, 0.717) is 23.0 Å². The van der Waals surface area contributed by atoms with Crippen LogP contribution in [0.3, 0.4) is 0 Å². The van der Waals surface area contributed by atoms with Crippen LogP contribution in [-0.4, -0.2) is 38.0 Å². The SMILES string of the molecule is COc1cc(/C=C/c2cc(=O)n(-c3ccccn3)[nH]2)c(O[Si](C)C)c(OC)c1C(C)(C)C. The Balaban J connectivity index is 2.11. The zero-order chi connectivity index (χ0) is 23.5. The second-order valence-electron chi connectivity index (χ2n) is 8.57. The summed E-state index contributed by atoms with van der Waals surface area (Å²) in [6.07, 6.45) is 5.37. The Morgan fingerprint density at radius 3 is 2.38 bits per heavy atom. The second kappa shape index (κ2) is 9.48. The van der Waals surface area contributed by atoms with Gasteiger partial charge in [-0.15, -0.1) is 0 Å². The van der Waals surface area contributed by atoms with Crippen molar-refractivity contribution < 1.29 is 13.9 Å². The first kappa shape index (κ1) is 23.4. The van der Waals surface area contributed by atoms with Crippen molar-refractivity contribution in [2.24, 2.45) is 0 Å². The normalized spacial score (nSPS) is 11.9. The molecule has 0 unspecified atom stereocenters. The fraction of sp³-hybridized carbons (Fsp3) is 0.333. The molecule has 0 fully saturated rings. The summed E-state index contributed by atoms with van der Waals surface area (Å²) in [6, 6.07) is 8.88. The second-order valence-corrected chi connectivity index (χ2v) is 10.6. The highest BCUT2D eigenvalue weighted by atomic mass is 28.3. The van der Waals surface area contributed by atoms with Gasteiger partial charge in [0.2, 0.25) is 0 Å². The lowest BCUT2D eigenvalue weighted by atomic mass is 9.84. The number of methoxy groups -OCH3 is 2. The summed E-state index contributed by atoms with van der Waals surface area (Å²) in [5.74, 6) is 2.60. The predicted molar refractivity (Wildman–Crippen MR) is 129 cm³/mol. The summed E-state index contributed by atoms with van der Waals surface area (Å²) in [5, 5.41) is 3.08. The number of aromatic nitrogens is 3. The molecule has 32 heavy (non-hydrogen) atoms. The molecular formula is C24H30N3O4Si. The van der Waals surface area contributed by atoms with Crippen LogP contribution in [0.1, 0.15) is 37.6 Å². The topological polar surface area (TPSA) is 78.4 Å². The third-order valence-electron chi connectivity index (χ3n) is 4.77. The molecule has 0 saturated heterocycles. The van der Waals surface area contributed by atoms with Gasteiger partial charge in [-0.3, -0.25) is 9.89 Å². The monoisotopic (exact) mass is 452 g/mol. The van der Waals surface area contributed by atoms with E-state index < -0.39 is 9.04 Å². The van der Waals surface area contributed by atoms with E-state index in [9.17, 15) is 4.79 Å². The molecule has 0 aliphatic carbocycles. The van der Waals surface area contributed by atoms with Crippen molar-refractivity contribution in [2.75, 3.05) is 14.2 Å². The third kappa shape index (κ3) is 4.96. The van der Waals surface area contributed by atoms with Crippen molar-refractivity contribution in [1.82, 2.24) is 14.8 Å². The van der Waals surface area contributed by atoms with Crippen molar-refractivity contribution in [1.29, 1.82) is 0 Å². The van der Waals surface area contributed by atoms with Crippen molar-refractivity contribution in [3.8, 4) is 23.1 Å². The van der Waals surface area contributed by atoms with Crippen molar-refractivity contribution in [2.45, 2.75) is 39.3 Å². The number of hydrogen-bond acceptors (Lipinski definition) is 5. The van der Waals surface area contributed by atoms with Crippen LogP contribution in [0.25, 0.3) is 18.0 Å². The Bertz CT molecular complexity index is 1160. The van der Waals surface area contributed by atoms with Crippen LogP contribution in [0.5, 0.6) is 17.2 Å². The number of nitrogens with one attached hydrogen (secondary N) is 1. The standard InChI is InChI=1S/C24H30N3O4Si/c1-24(2,3)21-18(29-4)14-16(22(23(21)30-5)31-32(6)7)11-12-17-15-20(28)27(26-17)19-10-8-9-13-25-19/h8-15,26H,1-7H3/b12-11+. The van der Waals surface area contributed by atoms with Gasteiger partial charge in [0.15, 0.2) is 17.3 Å². The number of nitrogens with zero attached hydrogens (tertiary/aromatic N) is 2. The molecule has 0 aliphatic heterocycles. The summed E-state index contributed by atoms with van der Waals surface area (Å²) in [4.78, 5) is 16.6. The minimum Gasteiger partial charge on any atom is -0.540 e. The average Bonchev–Trinajstić information content (AvgIpc) is 3.12. The van der Waals surface area contributed by atoms with Gasteiger partial charge in [-0.25, -0.2) is 9.67 Å². The van der Waals surface area contributed by atoms with Crippen molar-refractivity contribution >= 4 is 21.2 Å². The molecule has 0 bridgehead atoms. The first-order valence-corrected chi connectivity index (χ1v) is 12.8. The minimum absolute atomic E-state index is 0.189. The molecule has 2 heterocycles. The van der Waals surface area contributed by atoms with Gasteiger partial charge in [-0.1, -0.05) is 26.8 Å². The van der Waals surface area contributed by atoms with Crippen LogP contribution in [0.2, 0.25) is 13.1 Å². The maximum absolute atomic E-state index is 12.4. The largest absolute Gasteiger partial charge is 0.540 e. The highest BCUT2D eigenvalue weighted by Crippen LogP contribution is 2.47. The molecular weight excluding hydrogens is 422 g/mol. The van der Waals surface area contributed by atoms with Crippen LogP contribution < -0.4 is 19.5 Å². The Kier molecular flexibility index (Phi) is 6.93. The highest BCUT2D eigenvalue weighted by molar-refractivity contribution is 6.49. The van der Waals surface area contributed by atoms with E-state index in [1.807, 2.05) is 24.3 Å². The van der Waals surface area contributed by atoms with Gasteiger partial charge in [0.25, 0.3) is 14.6 Å². The number of hydrogen-bond donors (Lipinski definition) is 1. The molecule has 2 aromatic heterocycles. The lowest BCUT2D eigenvalue weighted by Crippen LogP contribution is -2.18. The van der Waals surface area contributed by atoms with E-state index in [1.54, 1.807) is 32.5 Å². The van der Waals surface area contributed by atoms with Gasteiger partial charge >= 0.3 is 0 Å². The molecule has 0 aliphatic rings. The molecule has 0 atom stereocenters. The predicted octanol–water partition coefficient (Wildman–Crippen LogP) is 4.68. The summed E-state index contributed by atoms with van der Waals surface area (Å²) in [6.45, 7) is 10.5. The molecule has 3 aromatic rings. The van der Waals surface area contributed by atoms with E-state index in [0.717, 1.165) is 16.9 Å². The molecule has 0 spiro atoms. The zero-order valence-electron chi connectivity index (χ0n) is 19.6. The molecule has 1 radical (unpaired) electrons. The summed E-state index contributed by atoms with van der Waals surface area (Å²) >= 11 is 0. The fourth-order valence-corrected chi connectivity index (χ4v) is 4.09. The highest BCUT2D eigenvalue weighted by Gasteiger charge is 2.29. The maximum atomic E-state index is 12.4. The van der Waals surface area contributed by atoms with Crippen LogP contribution in [0.15, 0.2) is 41.3 Å². The van der Waals surface area contributed by atoms with Crippen LogP contribution in [0, 0.1) is 0 Å². The van der Waals surface area contributed by atoms with E-state index in [1.165, 1.54) is 10.7 Å². The minimum atomic E-state index is -1.07. The van der Waals surface area contributed by atoms with Gasteiger partial charge in [0.1, 0.15) is 5.75 Å². The quantitative estimate of drug-likeness (QED) is 0.527. The Hall–Kier alpha value is -3.26. The van der Waals surface area contributed by atoms with Crippen LogP contribution in [0.4, 0.5) is 0 Å². The molecule has 3 rings (SSSR count). The third-order valence-corrected chi connectivity index (χ3v) is 5.38. The van der Waals surface area contributed by atoms with Gasteiger partial charge in [0, 0.05) is 23.4 Å². The Morgan fingerprint density at radius 2 is 1.81 bits per heavy atom. The lowest BCUT2D eigenvalue weighted by molar-refractivity contribution is 0.355. The van der Waals surface area contributed by atoms with Crippen LogP contribution >= 0.6 is 0 Å². The maximum Gasteiger partial charge on any atom is 0.274 e. The van der Waals surface area contributed by atoms with Crippen LogP contribution in [-0.2, 0) is 5.41 Å². The van der Waals surface area contributed by atoms with E-state index in [2.05, 4.69) is 43.9 Å². The summed E-state index contributed by atoms with van der Waals surface area (Å²) in [5.41, 5.74) is 2.00. The average molecular weight is 453 g/mol. The molecule has 0 saturated carbocycles. The summed E-state index contributed by atoms with van der Waals surface area (Å²) in [7, 11) is 2.23. The molecule has 1 aromatic carbocycles.